The van der Waals surface area contributed by atoms with Gasteiger partial charge in [0, 0.05) is 23.5 Å². The predicted molar refractivity (Wildman–Crippen MR) is 104 cm³/mol. The fraction of sp³-hybridized carbons (Fsp3) is 0.500. The van der Waals surface area contributed by atoms with Crippen LogP contribution in [-0.2, 0) is 12.8 Å². The zero-order valence-electron chi connectivity index (χ0n) is 16.0. The maximum absolute atomic E-state index is 10.3. The largest absolute Gasteiger partial charge is 0.508 e. The second-order valence-corrected chi connectivity index (χ2v) is 9.39. The second-order valence-electron chi connectivity index (χ2n) is 9.39. The first-order chi connectivity index (χ1) is 12.4. The van der Waals surface area contributed by atoms with Gasteiger partial charge in [0.15, 0.2) is 0 Å². The van der Waals surface area contributed by atoms with Crippen LogP contribution in [0.2, 0.25) is 0 Å². The molecule has 0 radical (unpaired) electrons. The predicted octanol–water partition coefficient (Wildman–Crippen LogP) is 5.48. The number of benzene rings is 2. The quantitative estimate of drug-likeness (QED) is 0.796. The van der Waals surface area contributed by atoms with Gasteiger partial charge in [-0.05, 0) is 61.1 Å². The summed E-state index contributed by atoms with van der Waals surface area (Å²) < 4.78 is 6.55. The van der Waals surface area contributed by atoms with Gasteiger partial charge in [-0.3, -0.25) is 0 Å². The van der Waals surface area contributed by atoms with Gasteiger partial charge in [0.2, 0.25) is 0 Å². The molecule has 2 aromatic carbocycles. The van der Waals surface area contributed by atoms with E-state index in [1.807, 2.05) is 12.1 Å². The molecule has 2 aromatic rings. The molecule has 136 valence electrons. The zero-order chi connectivity index (χ0) is 18.1. The highest BCUT2D eigenvalue weighted by Gasteiger charge is 2.69. The molecule has 26 heavy (non-hydrogen) atoms. The van der Waals surface area contributed by atoms with E-state index < -0.39 is 0 Å². The summed E-state index contributed by atoms with van der Waals surface area (Å²) in [6, 6.07) is 14.5. The molecule has 2 aliphatic carbocycles. The Morgan fingerprint density at radius 3 is 2.62 bits per heavy atom. The second kappa shape index (κ2) is 5.28. The first kappa shape index (κ1) is 16.2. The van der Waals surface area contributed by atoms with Crippen molar-refractivity contribution in [1.29, 1.82) is 0 Å². The molecule has 2 saturated carbocycles. The Labute approximate surface area is 156 Å². The smallest absolute Gasteiger partial charge is 0.127 e. The summed E-state index contributed by atoms with van der Waals surface area (Å²) in [6.07, 6.45) is 4.35. The van der Waals surface area contributed by atoms with Crippen molar-refractivity contribution >= 4 is 0 Å². The average molecular weight is 348 g/mol. The van der Waals surface area contributed by atoms with Crippen LogP contribution < -0.4 is 4.74 Å². The van der Waals surface area contributed by atoms with E-state index in [0.717, 1.165) is 30.9 Å². The molecule has 5 rings (SSSR count). The normalized spacial score (nSPS) is 33.0. The van der Waals surface area contributed by atoms with Gasteiger partial charge < -0.3 is 9.84 Å². The summed E-state index contributed by atoms with van der Waals surface area (Å²) in [7, 11) is 0. The summed E-state index contributed by atoms with van der Waals surface area (Å²) in [5.74, 6) is 3.22. The SMILES string of the molecule is CC12CCC3C1C(c1c(CCc4ccccc4)cc(O)cc1O2)C3(C)C. The van der Waals surface area contributed by atoms with Gasteiger partial charge >= 0.3 is 0 Å². The van der Waals surface area contributed by atoms with Crippen LogP contribution in [0.1, 0.15) is 56.2 Å². The highest BCUT2D eigenvalue weighted by atomic mass is 16.5. The third-order valence-electron chi connectivity index (χ3n) is 7.60. The highest BCUT2D eigenvalue weighted by Crippen LogP contribution is 2.73. The van der Waals surface area contributed by atoms with Crippen molar-refractivity contribution in [1.82, 2.24) is 0 Å². The molecule has 2 nitrogen and oxygen atoms in total. The topological polar surface area (TPSA) is 29.5 Å². The van der Waals surface area contributed by atoms with Gasteiger partial charge in [-0.15, -0.1) is 0 Å². The molecule has 0 bridgehead atoms. The van der Waals surface area contributed by atoms with E-state index in [0.29, 0.717) is 23.0 Å². The van der Waals surface area contributed by atoms with Gasteiger partial charge in [-0.25, -0.2) is 0 Å². The van der Waals surface area contributed by atoms with Crippen molar-refractivity contribution in [2.45, 2.75) is 58.0 Å². The number of fused-ring (bicyclic) bond motifs is 2. The molecule has 2 fully saturated rings. The van der Waals surface area contributed by atoms with E-state index in [4.69, 9.17) is 4.74 Å². The molecule has 0 amide bonds. The summed E-state index contributed by atoms with van der Waals surface area (Å²) in [5, 5.41) is 10.3. The van der Waals surface area contributed by atoms with Gasteiger partial charge in [0.25, 0.3) is 0 Å². The van der Waals surface area contributed by atoms with Gasteiger partial charge in [0.1, 0.15) is 17.1 Å². The van der Waals surface area contributed by atoms with E-state index in [1.54, 1.807) is 0 Å². The molecule has 0 spiro atoms. The minimum atomic E-state index is -0.0532. The van der Waals surface area contributed by atoms with Crippen LogP contribution in [0.5, 0.6) is 11.5 Å². The summed E-state index contributed by atoms with van der Waals surface area (Å²) in [5.41, 5.74) is 4.26. The molecule has 0 saturated heterocycles. The van der Waals surface area contributed by atoms with E-state index in [9.17, 15) is 5.11 Å². The van der Waals surface area contributed by atoms with Crippen LogP contribution in [0.4, 0.5) is 0 Å². The Hall–Kier alpha value is -1.96. The minimum absolute atomic E-state index is 0.0532. The third kappa shape index (κ3) is 2.11. The van der Waals surface area contributed by atoms with Crippen LogP contribution in [0, 0.1) is 17.3 Å². The summed E-state index contributed by atoms with van der Waals surface area (Å²) in [6.45, 7) is 7.16. The van der Waals surface area contributed by atoms with Gasteiger partial charge in [-0.1, -0.05) is 44.2 Å². The molecule has 1 aliphatic heterocycles. The molecule has 1 heterocycles. The summed E-state index contributed by atoms with van der Waals surface area (Å²) >= 11 is 0. The van der Waals surface area contributed by atoms with Crippen LogP contribution in [0.15, 0.2) is 42.5 Å². The fourth-order valence-corrected chi connectivity index (χ4v) is 6.37. The molecule has 1 N–H and O–H groups in total. The van der Waals surface area contributed by atoms with E-state index in [2.05, 4.69) is 51.1 Å². The molecular formula is C24H28O2. The number of phenols is 1. The van der Waals surface area contributed by atoms with Crippen LogP contribution >= 0.6 is 0 Å². The number of hydrogen-bond donors (Lipinski definition) is 1. The van der Waals surface area contributed by atoms with Gasteiger partial charge in [0.05, 0.1) is 0 Å². The van der Waals surface area contributed by atoms with Crippen LogP contribution in [-0.4, -0.2) is 10.7 Å². The van der Waals surface area contributed by atoms with E-state index in [1.165, 1.54) is 23.1 Å². The van der Waals surface area contributed by atoms with Crippen molar-refractivity contribution in [3.63, 3.8) is 0 Å². The van der Waals surface area contributed by atoms with Crippen molar-refractivity contribution < 1.29 is 9.84 Å². The lowest BCUT2D eigenvalue weighted by molar-refractivity contribution is -0.120. The van der Waals surface area contributed by atoms with Crippen LogP contribution in [0.3, 0.4) is 0 Å². The maximum atomic E-state index is 10.3. The maximum Gasteiger partial charge on any atom is 0.127 e. The van der Waals surface area contributed by atoms with E-state index in [-0.39, 0.29) is 5.60 Å². The lowest BCUT2D eigenvalue weighted by atomic mass is 9.44. The first-order valence-corrected chi connectivity index (χ1v) is 9.99. The summed E-state index contributed by atoms with van der Waals surface area (Å²) in [4.78, 5) is 0. The molecule has 4 unspecified atom stereocenters. The van der Waals surface area contributed by atoms with Crippen molar-refractivity contribution in [3.05, 3.63) is 59.2 Å². The molecule has 3 aliphatic rings. The van der Waals surface area contributed by atoms with Crippen LogP contribution in [0.25, 0.3) is 0 Å². The monoisotopic (exact) mass is 348 g/mol. The zero-order valence-corrected chi connectivity index (χ0v) is 16.0. The number of aromatic hydroxyl groups is 1. The Kier molecular flexibility index (Phi) is 3.30. The number of aryl methyl sites for hydroxylation is 2. The lowest BCUT2D eigenvalue weighted by Crippen LogP contribution is -2.59. The number of rotatable bonds is 3. The average Bonchev–Trinajstić information content (AvgIpc) is 2.94. The van der Waals surface area contributed by atoms with Crippen molar-refractivity contribution in [2.24, 2.45) is 17.3 Å². The third-order valence-corrected chi connectivity index (χ3v) is 7.60. The number of phenolic OH excluding ortho intramolecular Hbond substituents is 1. The highest BCUT2D eigenvalue weighted by molar-refractivity contribution is 5.54. The van der Waals surface area contributed by atoms with Crippen molar-refractivity contribution in [3.8, 4) is 11.5 Å². The first-order valence-electron chi connectivity index (χ1n) is 9.99. The minimum Gasteiger partial charge on any atom is -0.508 e. The fourth-order valence-electron chi connectivity index (χ4n) is 6.37. The molecule has 2 heteroatoms. The number of ether oxygens (including phenoxy) is 1. The van der Waals surface area contributed by atoms with E-state index >= 15 is 0 Å². The lowest BCUT2D eigenvalue weighted by Gasteiger charge is -2.62. The Bertz CT molecular complexity index is 854. The Morgan fingerprint density at radius 2 is 1.85 bits per heavy atom. The molecular weight excluding hydrogens is 320 g/mol. The Morgan fingerprint density at radius 1 is 1.08 bits per heavy atom. The molecule has 0 aromatic heterocycles. The standard InChI is InChI=1S/C24H28O2/c1-23(2)18-11-12-24(3)21(18)22(23)20-16(13-17(25)14-19(20)26-24)10-9-15-7-5-4-6-8-15/h4-8,13-14,18,21-22,25H,9-12H2,1-3H3. The molecule has 4 atom stereocenters. The Balaban J connectivity index is 1.56. The number of hydrogen-bond acceptors (Lipinski definition) is 2. The van der Waals surface area contributed by atoms with Crippen molar-refractivity contribution in [2.75, 3.05) is 0 Å². The van der Waals surface area contributed by atoms with Gasteiger partial charge in [-0.2, -0.15) is 0 Å².